The Morgan fingerprint density at radius 3 is 2.07 bits per heavy atom. The molecule has 0 aliphatic rings. The van der Waals surface area contributed by atoms with Crippen molar-refractivity contribution in [3.63, 3.8) is 0 Å². The SMILES string of the molecule is CC(C)(C)CC[C@@H](O)[C@@H](O)[C@@H](O)C=O. The molecular formula is C10H20O4. The Kier molecular flexibility index (Phi) is 5.26. The summed E-state index contributed by atoms with van der Waals surface area (Å²) in [6.07, 6.45) is -2.61. The minimum Gasteiger partial charge on any atom is -0.390 e. The van der Waals surface area contributed by atoms with Crippen LogP contribution in [0.2, 0.25) is 0 Å². The van der Waals surface area contributed by atoms with Gasteiger partial charge in [0.25, 0.3) is 0 Å². The molecule has 0 spiro atoms. The quantitative estimate of drug-likeness (QED) is 0.555. The van der Waals surface area contributed by atoms with Crippen LogP contribution in [0.25, 0.3) is 0 Å². The Bertz CT molecular complexity index is 173. The zero-order valence-corrected chi connectivity index (χ0v) is 8.97. The molecule has 4 heteroatoms. The third-order valence-corrected chi connectivity index (χ3v) is 2.07. The van der Waals surface area contributed by atoms with Gasteiger partial charge in [-0.1, -0.05) is 20.8 Å². The number of aliphatic hydroxyl groups excluding tert-OH is 3. The van der Waals surface area contributed by atoms with Crippen LogP contribution in [0.5, 0.6) is 0 Å². The normalized spacial score (nSPS) is 18.7. The van der Waals surface area contributed by atoms with Gasteiger partial charge in [-0.15, -0.1) is 0 Å². The minimum atomic E-state index is -1.50. The number of carbonyl (C=O) groups excluding carboxylic acids is 1. The second kappa shape index (κ2) is 5.44. The Labute approximate surface area is 84.6 Å². The average molecular weight is 204 g/mol. The zero-order chi connectivity index (χ0) is 11.4. The van der Waals surface area contributed by atoms with E-state index < -0.39 is 18.3 Å². The molecule has 0 aromatic carbocycles. The zero-order valence-electron chi connectivity index (χ0n) is 8.97. The van der Waals surface area contributed by atoms with Crippen molar-refractivity contribution in [3.05, 3.63) is 0 Å². The number of aliphatic hydroxyl groups is 3. The van der Waals surface area contributed by atoms with Crippen LogP contribution in [0.1, 0.15) is 33.6 Å². The number of carbonyl (C=O) groups is 1. The van der Waals surface area contributed by atoms with E-state index in [1.807, 2.05) is 20.8 Å². The number of aldehydes is 1. The van der Waals surface area contributed by atoms with Crippen molar-refractivity contribution >= 4 is 6.29 Å². The van der Waals surface area contributed by atoms with E-state index in [0.717, 1.165) is 6.42 Å². The molecule has 14 heavy (non-hydrogen) atoms. The van der Waals surface area contributed by atoms with Crippen molar-refractivity contribution in [2.75, 3.05) is 0 Å². The van der Waals surface area contributed by atoms with Crippen LogP contribution in [0, 0.1) is 5.41 Å². The lowest BCUT2D eigenvalue weighted by molar-refractivity contribution is -0.126. The van der Waals surface area contributed by atoms with Crippen LogP contribution in [-0.2, 0) is 4.79 Å². The molecular weight excluding hydrogens is 184 g/mol. The first-order chi connectivity index (χ1) is 6.28. The summed E-state index contributed by atoms with van der Waals surface area (Å²) in [5, 5.41) is 27.6. The maximum atomic E-state index is 10.1. The molecule has 0 bridgehead atoms. The molecule has 0 amide bonds. The predicted molar refractivity (Wildman–Crippen MR) is 52.8 cm³/mol. The summed E-state index contributed by atoms with van der Waals surface area (Å²) in [5.74, 6) is 0. The molecule has 3 atom stereocenters. The highest BCUT2D eigenvalue weighted by Gasteiger charge is 2.25. The fourth-order valence-electron chi connectivity index (χ4n) is 1.06. The maximum absolute atomic E-state index is 10.1. The Balaban J connectivity index is 3.95. The number of hydrogen-bond donors (Lipinski definition) is 3. The molecule has 0 aliphatic heterocycles. The van der Waals surface area contributed by atoms with Crippen molar-refractivity contribution in [1.29, 1.82) is 0 Å². The van der Waals surface area contributed by atoms with Crippen molar-refractivity contribution in [1.82, 2.24) is 0 Å². The van der Waals surface area contributed by atoms with Gasteiger partial charge in [0.05, 0.1) is 6.10 Å². The van der Waals surface area contributed by atoms with Gasteiger partial charge < -0.3 is 20.1 Å². The minimum absolute atomic E-state index is 0.0623. The van der Waals surface area contributed by atoms with Crippen molar-refractivity contribution < 1.29 is 20.1 Å². The highest BCUT2D eigenvalue weighted by Crippen LogP contribution is 2.22. The molecule has 0 unspecified atom stereocenters. The van der Waals surface area contributed by atoms with E-state index in [1.165, 1.54) is 0 Å². The highest BCUT2D eigenvalue weighted by molar-refractivity contribution is 5.56. The molecule has 0 saturated heterocycles. The number of rotatable bonds is 5. The van der Waals surface area contributed by atoms with Crippen molar-refractivity contribution in [2.45, 2.75) is 51.9 Å². The molecule has 0 aliphatic carbocycles. The lowest BCUT2D eigenvalue weighted by Crippen LogP contribution is -2.38. The molecule has 0 radical (unpaired) electrons. The van der Waals surface area contributed by atoms with Gasteiger partial charge in [0.1, 0.15) is 12.2 Å². The fourth-order valence-corrected chi connectivity index (χ4v) is 1.06. The summed E-state index contributed by atoms with van der Waals surface area (Å²) < 4.78 is 0. The van der Waals surface area contributed by atoms with E-state index in [9.17, 15) is 15.0 Å². The van der Waals surface area contributed by atoms with E-state index in [2.05, 4.69) is 0 Å². The van der Waals surface area contributed by atoms with Gasteiger partial charge in [0, 0.05) is 0 Å². The van der Waals surface area contributed by atoms with Crippen LogP contribution < -0.4 is 0 Å². The fraction of sp³-hybridized carbons (Fsp3) is 0.900. The Morgan fingerprint density at radius 1 is 1.21 bits per heavy atom. The first-order valence-electron chi connectivity index (χ1n) is 4.77. The Morgan fingerprint density at radius 2 is 1.71 bits per heavy atom. The first kappa shape index (κ1) is 13.5. The van der Waals surface area contributed by atoms with E-state index in [0.29, 0.717) is 6.42 Å². The molecule has 3 N–H and O–H groups in total. The van der Waals surface area contributed by atoms with E-state index >= 15 is 0 Å². The van der Waals surface area contributed by atoms with Crippen LogP contribution >= 0.6 is 0 Å². The first-order valence-corrected chi connectivity index (χ1v) is 4.77. The van der Waals surface area contributed by atoms with Gasteiger partial charge in [-0.2, -0.15) is 0 Å². The van der Waals surface area contributed by atoms with Gasteiger partial charge in [0.2, 0.25) is 0 Å². The third kappa shape index (κ3) is 5.32. The van der Waals surface area contributed by atoms with Crippen LogP contribution in [-0.4, -0.2) is 39.9 Å². The number of hydrogen-bond acceptors (Lipinski definition) is 4. The van der Waals surface area contributed by atoms with E-state index in [-0.39, 0.29) is 11.7 Å². The summed E-state index contributed by atoms with van der Waals surface area (Å²) in [7, 11) is 0. The molecule has 84 valence electrons. The van der Waals surface area contributed by atoms with E-state index in [1.54, 1.807) is 0 Å². The van der Waals surface area contributed by atoms with Crippen molar-refractivity contribution in [2.24, 2.45) is 5.41 Å². The van der Waals surface area contributed by atoms with Crippen LogP contribution in [0.3, 0.4) is 0 Å². The maximum Gasteiger partial charge on any atom is 0.151 e. The highest BCUT2D eigenvalue weighted by atomic mass is 16.4. The molecule has 0 aromatic rings. The summed E-state index contributed by atoms with van der Waals surface area (Å²) in [5.41, 5.74) is 0.0623. The standard InChI is InChI=1S/C10H20O4/c1-10(2,3)5-4-7(12)9(14)8(13)6-11/h6-9,12-14H,4-5H2,1-3H3/t7-,8+,9-/m1/s1. The third-order valence-electron chi connectivity index (χ3n) is 2.07. The second-order valence-corrected chi connectivity index (χ2v) is 4.78. The van der Waals surface area contributed by atoms with Gasteiger partial charge >= 0.3 is 0 Å². The van der Waals surface area contributed by atoms with Gasteiger partial charge in [-0.05, 0) is 18.3 Å². The van der Waals surface area contributed by atoms with Gasteiger partial charge in [-0.25, -0.2) is 0 Å². The topological polar surface area (TPSA) is 77.8 Å². The summed E-state index contributed by atoms with van der Waals surface area (Å²) in [4.78, 5) is 10.1. The van der Waals surface area contributed by atoms with Gasteiger partial charge in [0.15, 0.2) is 6.29 Å². The second-order valence-electron chi connectivity index (χ2n) is 4.78. The summed E-state index contributed by atoms with van der Waals surface area (Å²) >= 11 is 0. The molecule has 0 aromatic heterocycles. The van der Waals surface area contributed by atoms with Crippen LogP contribution in [0.4, 0.5) is 0 Å². The van der Waals surface area contributed by atoms with E-state index in [4.69, 9.17) is 5.11 Å². The molecule has 0 rings (SSSR count). The van der Waals surface area contributed by atoms with Crippen molar-refractivity contribution in [3.8, 4) is 0 Å². The average Bonchev–Trinajstić information content (AvgIpc) is 2.10. The Hall–Kier alpha value is -0.450. The lowest BCUT2D eigenvalue weighted by atomic mass is 9.88. The smallest absolute Gasteiger partial charge is 0.151 e. The monoisotopic (exact) mass is 204 g/mol. The van der Waals surface area contributed by atoms with Crippen LogP contribution in [0.15, 0.2) is 0 Å². The molecule has 4 nitrogen and oxygen atoms in total. The molecule has 0 heterocycles. The summed E-state index contributed by atoms with van der Waals surface area (Å²) in [6, 6.07) is 0. The molecule has 0 saturated carbocycles. The molecule has 0 fully saturated rings. The summed E-state index contributed by atoms with van der Waals surface area (Å²) in [6.45, 7) is 6.05. The van der Waals surface area contributed by atoms with Gasteiger partial charge in [-0.3, -0.25) is 0 Å². The lowest BCUT2D eigenvalue weighted by Gasteiger charge is -2.23. The largest absolute Gasteiger partial charge is 0.390 e. The predicted octanol–water partition coefficient (Wildman–Crippen LogP) is 0.0943.